The van der Waals surface area contributed by atoms with E-state index in [9.17, 15) is 0 Å². The minimum atomic E-state index is -0.121. The van der Waals surface area contributed by atoms with Crippen molar-refractivity contribution in [1.29, 1.82) is 0 Å². The van der Waals surface area contributed by atoms with Gasteiger partial charge >= 0.3 is 44.8 Å². The molecule has 6 rings (SSSR count). The van der Waals surface area contributed by atoms with Gasteiger partial charge in [0.25, 0.3) is 0 Å². The first-order chi connectivity index (χ1) is 22.6. The normalized spacial score (nSPS) is 10.9. The fourth-order valence-corrected chi connectivity index (χ4v) is 17.8. The second-order valence-electron chi connectivity index (χ2n) is 13.6. The van der Waals surface area contributed by atoms with E-state index in [1.54, 1.807) is 5.90 Å². The Kier molecular flexibility index (Phi) is 18.1. The van der Waals surface area contributed by atoms with Gasteiger partial charge in [0.2, 0.25) is 0 Å². The van der Waals surface area contributed by atoms with Crippen molar-refractivity contribution in [2.24, 2.45) is 0 Å². The van der Waals surface area contributed by atoms with Gasteiger partial charge in [-0.15, -0.1) is 23.3 Å². The zero-order chi connectivity index (χ0) is 34.1. The van der Waals surface area contributed by atoms with Gasteiger partial charge in [0.1, 0.15) is 0 Å². The van der Waals surface area contributed by atoms with Crippen molar-refractivity contribution in [1.82, 2.24) is 0 Å². The van der Waals surface area contributed by atoms with Gasteiger partial charge in [-0.2, -0.15) is 0 Å². The van der Waals surface area contributed by atoms with Crippen molar-refractivity contribution in [2.45, 2.75) is 78.0 Å². The summed E-state index contributed by atoms with van der Waals surface area (Å²) in [5.74, 6) is 6.64. The summed E-state index contributed by atoms with van der Waals surface area (Å²) < 4.78 is 0. The average Bonchev–Trinajstić information content (AvgIpc) is 3.07. The second-order valence-corrected chi connectivity index (χ2v) is 21.9. The van der Waals surface area contributed by atoms with Gasteiger partial charge in [0, 0.05) is 15.8 Å². The molecule has 49 heavy (non-hydrogen) atoms. The largest absolute Gasteiger partial charge is 1.00 e. The van der Waals surface area contributed by atoms with E-state index in [2.05, 4.69) is 104 Å². The summed E-state index contributed by atoms with van der Waals surface area (Å²) in [5, 5.41) is 9.36. The zero-order valence-corrected chi connectivity index (χ0v) is 35.0. The summed E-state index contributed by atoms with van der Waals surface area (Å²) in [5.41, 5.74) is 5.52. The Hall–Kier alpha value is -2.18. The third kappa shape index (κ3) is 10.9. The number of rotatable bonds is 6. The Labute approximate surface area is 330 Å². The molecule has 0 aliphatic rings. The monoisotopic (exact) mass is 866 g/mol. The molecule has 0 atom stereocenters. The van der Waals surface area contributed by atoms with E-state index in [0.29, 0.717) is 0 Å². The number of hydrogen-bond donors (Lipinski definition) is 0. The summed E-state index contributed by atoms with van der Waals surface area (Å²) in [6.45, 7) is 19.5. The van der Waals surface area contributed by atoms with Crippen molar-refractivity contribution < 1.29 is 44.8 Å². The van der Waals surface area contributed by atoms with Crippen LogP contribution in [0, 0.1) is 24.7 Å². The molecule has 6 aromatic rings. The predicted octanol–water partition coefficient (Wildman–Crippen LogP) is 12.9. The van der Waals surface area contributed by atoms with Crippen LogP contribution >= 0.6 is 15.8 Å². The first-order valence-corrected chi connectivity index (χ1v) is 20.7. The van der Waals surface area contributed by atoms with E-state index in [4.69, 9.17) is 12.8 Å². The van der Waals surface area contributed by atoms with E-state index in [-0.39, 0.29) is 60.6 Å². The van der Waals surface area contributed by atoms with Gasteiger partial charge in [-0.3, -0.25) is 11.8 Å². The molecule has 0 radical (unpaired) electrons. The van der Waals surface area contributed by atoms with E-state index in [1.807, 2.05) is 72.8 Å². The van der Waals surface area contributed by atoms with Crippen LogP contribution in [-0.4, -0.2) is 28.5 Å². The van der Waals surface area contributed by atoms with E-state index in [0.717, 1.165) is 55.3 Å². The van der Waals surface area contributed by atoms with Crippen LogP contribution < -0.4 is 0 Å². The van der Waals surface area contributed by atoms with Crippen molar-refractivity contribution >= 4 is 58.9 Å². The molecule has 0 nitrogen and oxygen atoms in total. The molecule has 0 N–H and O–H groups in total. The molecule has 0 bridgehead atoms. The Bertz CT molecular complexity index is 1870. The Balaban J connectivity index is 0.000000250. The van der Waals surface area contributed by atoms with Crippen molar-refractivity contribution in [3.63, 3.8) is 0 Å². The van der Waals surface area contributed by atoms with Crippen LogP contribution in [0.15, 0.2) is 109 Å². The summed E-state index contributed by atoms with van der Waals surface area (Å²) in [6.07, 6.45) is 14.7. The van der Waals surface area contributed by atoms with Crippen LogP contribution in [0.2, 0.25) is 0 Å². The van der Waals surface area contributed by atoms with Gasteiger partial charge < -0.3 is 12.8 Å². The molecule has 0 unspecified atom stereocenters. The van der Waals surface area contributed by atoms with Crippen LogP contribution in [0.5, 0.6) is 0 Å². The quantitative estimate of drug-likeness (QED) is 0.0514. The van der Waals surface area contributed by atoms with Gasteiger partial charge in [0.05, 0.1) is 22.6 Å². The fraction of sp³-hybridized carbons (Fsp3) is 0.289. The molecular formula is C45H50Ag2P2+2. The molecule has 0 spiro atoms. The van der Waals surface area contributed by atoms with Crippen LogP contribution in [-0.2, 0) is 44.8 Å². The molecule has 0 amide bonds. The average molecular weight is 869 g/mol. The van der Waals surface area contributed by atoms with Crippen LogP contribution in [0.25, 0.3) is 43.1 Å². The van der Waals surface area contributed by atoms with Crippen molar-refractivity contribution in [3.8, 4) is 11.8 Å². The number of hydrogen-bond acceptors (Lipinski definition) is 0. The van der Waals surface area contributed by atoms with Gasteiger partial charge in [0.15, 0.2) is 5.90 Å². The maximum absolute atomic E-state index is 7.35. The van der Waals surface area contributed by atoms with Gasteiger partial charge in [-0.1, -0.05) is 108 Å². The SMILES string of the molecule is CC(C)[PH+](C[PH+](C(C)C)C(C)C)C(C)C.[Ag+].[Ag+].[C-]#Cc1cc2ccccc2c2ccccc12.[C-]#Cc1cc2ccccc2c2ccccc12. The fourth-order valence-electron chi connectivity index (χ4n) is 6.70. The molecule has 260 valence electrons. The molecule has 0 heterocycles. The zero-order valence-electron chi connectivity index (χ0n) is 30.0. The maximum Gasteiger partial charge on any atom is 1.00 e. The molecule has 0 aliphatic carbocycles. The number of fused-ring (bicyclic) bond motifs is 6. The minimum Gasteiger partial charge on any atom is -0.366 e. The van der Waals surface area contributed by atoms with Crippen molar-refractivity contribution in [2.75, 3.05) is 5.90 Å². The van der Waals surface area contributed by atoms with Gasteiger partial charge in [-0.05, 0) is 87.7 Å². The molecule has 0 aliphatic heterocycles. The molecule has 0 aromatic heterocycles. The predicted molar refractivity (Wildman–Crippen MR) is 217 cm³/mol. The molecule has 0 fully saturated rings. The molecule has 6 aromatic carbocycles. The van der Waals surface area contributed by atoms with Crippen LogP contribution in [0.1, 0.15) is 66.5 Å². The smallest absolute Gasteiger partial charge is 0.366 e. The Morgan fingerprint density at radius 1 is 0.429 bits per heavy atom. The second kappa shape index (κ2) is 20.6. The topological polar surface area (TPSA) is 0 Å². The standard InChI is InChI=1S/2C16H9.C13H30P2.2Ag/c2*1-2-12-11-13-7-3-4-9-15(13)16-10-6-5-8-14(12)16;1-10(2)14(11(3)4)9-15(12(5)6)13(7)8;;/h2*3-11H;10-13H,9H2,1-8H3;;/q2*-1;;2*+1/p+2. The van der Waals surface area contributed by atoms with E-state index < -0.39 is 0 Å². The Morgan fingerprint density at radius 3 is 0.980 bits per heavy atom. The van der Waals surface area contributed by atoms with Gasteiger partial charge in [-0.25, -0.2) is 0 Å². The third-order valence-electron chi connectivity index (χ3n) is 9.18. The van der Waals surface area contributed by atoms with Crippen molar-refractivity contribution in [3.05, 3.63) is 133 Å². The summed E-state index contributed by atoms with van der Waals surface area (Å²) in [6, 6.07) is 36.9. The molecule has 0 saturated carbocycles. The third-order valence-corrected chi connectivity index (χ3v) is 18.4. The first kappa shape index (κ1) is 43.0. The summed E-state index contributed by atoms with van der Waals surface area (Å²) in [4.78, 5) is 0. The minimum absolute atomic E-state index is 0. The molecular weight excluding hydrogens is 818 g/mol. The maximum atomic E-state index is 7.35. The van der Waals surface area contributed by atoms with E-state index in [1.165, 1.54) is 21.5 Å². The van der Waals surface area contributed by atoms with E-state index >= 15 is 0 Å². The first-order valence-electron chi connectivity index (χ1n) is 16.9. The molecule has 4 heteroatoms. The summed E-state index contributed by atoms with van der Waals surface area (Å²) >= 11 is 0. The molecule has 0 saturated heterocycles. The summed E-state index contributed by atoms with van der Waals surface area (Å²) in [7, 11) is -0.243. The van der Waals surface area contributed by atoms with Crippen LogP contribution in [0.4, 0.5) is 0 Å². The Morgan fingerprint density at radius 2 is 0.694 bits per heavy atom. The number of benzene rings is 6. The van der Waals surface area contributed by atoms with Crippen LogP contribution in [0.3, 0.4) is 0 Å².